The maximum atomic E-state index is 12.0. The molecular formula is C15H21N3O5. The highest BCUT2D eigenvalue weighted by Crippen LogP contribution is 2.22. The van der Waals surface area contributed by atoms with E-state index in [1.807, 2.05) is 30.3 Å². The van der Waals surface area contributed by atoms with Crippen molar-refractivity contribution < 1.29 is 24.2 Å². The number of carbonyl (C=O) groups is 3. The van der Waals surface area contributed by atoms with E-state index in [2.05, 4.69) is 10.6 Å². The number of hydrogen-bond donors (Lipinski definition) is 4. The lowest BCUT2D eigenvalue weighted by molar-refractivity contribution is -0.148. The Morgan fingerprint density at radius 3 is 2.57 bits per heavy atom. The van der Waals surface area contributed by atoms with Gasteiger partial charge in [-0.3, -0.25) is 14.4 Å². The number of hydrogen-bond acceptors (Lipinski definition) is 5. The first-order valence-corrected chi connectivity index (χ1v) is 7.09. The molecule has 5 N–H and O–H groups in total. The van der Waals surface area contributed by atoms with Crippen LogP contribution in [0.2, 0.25) is 0 Å². The molecule has 0 radical (unpaired) electrons. The van der Waals surface area contributed by atoms with Gasteiger partial charge in [0.2, 0.25) is 5.91 Å². The summed E-state index contributed by atoms with van der Waals surface area (Å²) in [6.07, 6.45) is -0.730. The maximum Gasteiger partial charge on any atom is 0.300 e. The second kappa shape index (κ2) is 9.54. The molecule has 8 heteroatoms. The highest BCUT2D eigenvalue weighted by molar-refractivity contribution is 5.86. The van der Waals surface area contributed by atoms with Gasteiger partial charge in [0.05, 0.1) is 6.04 Å². The fraction of sp³-hybridized carbons (Fsp3) is 0.400. The van der Waals surface area contributed by atoms with Gasteiger partial charge in [0.1, 0.15) is 6.61 Å². The number of ether oxygens (including phenoxy) is 1. The van der Waals surface area contributed by atoms with Crippen LogP contribution < -0.4 is 16.4 Å². The summed E-state index contributed by atoms with van der Waals surface area (Å²) in [4.78, 5) is 32.4. The van der Waals surface area contributed by atoms with Gasteiger partial charge >= 0.3 is 0 Å². The Morgan fingerprint density at radius 1 is 1.39 bits per heavy atom. The Bertz CT molecular complexity index is 531. The van der Waals surface area contributed by atoms with Crippen molar-refractivity contribution in [3.63, 3.8) is 0 Å². The number of nitrogens with two attached hydrogens (primary N) is 1. The number of rotatable bonds is 4. The largest absolute Gasteiger partial charge is 0.481 e. The van der Waals surface area contributed by atoms with Crippen LogP contribution in [0, 0.1) is 0 Å². The molecule has 0 aliphatic carbocycles. The van der Waals surface area contributed by atoms with Gasteiger partial charge in [-0.2, -0.15) is 0 Å². The van der Waals surface area contributed by atoms with Crippen LogP contribution in [0.15, 0.2) is 30.3 Å². The van der Waals surface area contributed by atoms with Gasteiger partial charge in [0, 0.05) is 20.0 Å². The predicted molar refractivity (Wildman–Crippen MR) is 82.4 cm³/mol. The number of amides is 2. The minimum atomic E-state index is -0.833. The summed E-state index contributed by atoms with van der Waals surface area (Å²) < 4.78 is 5.35. The lowest BCUT2D eigenvalue weighted by atomic mass is 9.99. The van der Waals surface area contributed by atoms with Crippen molar-refractivity contribution in [3.8, 4) is 0 Å². The highest BCUT2D eigenvalue weighted by Gasteiger charge is 2.35. The molecule has 1 fully saturated rings. The topological polar surface area (TPSA) is 131 Å². The van der Waals surface area contributed by atoms with Gasteiger partial charge in [-0.25, -0.2) is 0 Å². The molecule has 23 heavy (non-hydrogen) atoms. The van der Waals surface area contributed by atoms with Crippen molar-refractivity contribution in [2.45, 2.75) is 19.1 Å². The van der Waals surface area contributed by atoms with Gasteiger partial charge < -0.3 is 26.2 Å². The van der Waals surface area contributed by atoms with E-state index in [1.54, 1.807) is 0 Å². The third kappa shape index (κ3) is 6.45. The number of morpholine rings is 1. The monoisotopic (exact) mass is 323 g/mol. The zero-order valence-electron chi connectivity index (χ0n) is 12.8. The molecule has 1 aromatic carbocycles. The first-order valence-electron chi connectivity index (χ1n) is 7.09. The fourth-order valence-corrected chi connectivity index (χ4v) is 1.99. The first-order chi connectivity index (χ1) is 11.0. The quantitative estimate of drug-likeness (QED) is 0.586. The van der Waals surface area contributed by atoms with Crippen LogP contribution in [-0.2, 0) is 19.1 Å². The molecule has 1 aromatic rings. The van der Waals surface area contributed by atoms with Crippen LogP contribution in [-0.4, -0.2) is 48.7 Å². The van der Waals surface area contributed by atoms with Crippen molar-refractivity contribution in [1.29, 1.82) is 0 Å². The van der Waals surface area contributed by atoms with Crippen LogP contribution in [0.1, 0.15) is 18.5 Å². The summed E-state index contributed by atoms with van der Waals surface area (Å²) in [7, 11) is 0. The van der Waals surface area contributed by atoms with Crippen LogP contribution >= 0.6 is 0 Å². The van der Waals surface area contributed by atoms with E-state index in [0.29, 0.717) is 13.1 Å². The summed E-state index contributed by atoms with van der Waals surface area (Å²) >= 11 is 0. The summed E-state index contributed by atoms with van der Waals surface area (Å²) in [5, 5.41) is 12.9. The number of benzene rings is 1. The van der Waals surface area contributed by atoms with Gasteiger partial charge in [0.25, 0.3) is 11.9 Å². The SMILES string of the molecule is CC(=O)O.NCCNC(=O)[C@H]1OCC(=O)N[C@@H]1c1ccccc1. The predicted octanol–water partition coefficient (Wildman–Crippen LogP) is -0.591. The van der Waals surface area contributed by atoms with Crippen LogP contribution in [0.25, 0.3) is 0 Å². The Labute approximate surface area is 134 Å². The molecule has 2 atom stereocenters. The van der Waals surface area contributed by atoms with E-state index in [1.165, 1.54) is 0 Å². The van der Waals surface area contributed by atoms with E-state index in [9.17, 15) is 9.59 Å². The molecular weight excluding hydrogens is 302 g/mol. The average molecular weight is 323 g/mol. The molecule has 0 aromatic heterocycles. The molecule has 1 heterocycles. The van der Waals surface area contributed by atoms with Gasteiger partial charge in [-0.05, 0) is 5.56 Å². The smallest absolute Gasteiger partial charge is 0.300 e. The minimum Gasteiger partial charge on any atom is -0.481 e. The van der Waals surface area contributed by atoms with Gasteiger partial charge in [-0.15, -0.1) is 0 Å². The molecule has 1 aliphatic rings. The number of aliphatic carboxylic acids is 1. The second-order valence-electron chi connectivity index (χ2n) is 4.79. The molecule has 126 valence electrons. The third-order valence-corrected chi connectivity index (χ3v) is 2.87. The Balaban J connectivity index is 0.000000593. The lowest BCUT2D eigenvalue weighted by Crippen LogP contribution is -2.52. The van der Waals surface area contributed by atoms with Crippen LogP contribution in [0.4, 0.5) is 0 Å². The third-order valence-electron chi connectivity index (χ3n) is 2.87. The molecule has 2 amide bonds. The molecule has 2 rings (SSSR count). The van der Waals surface area contributed by atoms with E-state index in [0.717, 1.165) is 12.5 Å². The average Bonchev–Trinajstić information content (AvgIpc) is 2.53. The minimum absolute atomic E-state index is 0.107. The van der Waals surface area contributed by atoms with E-state index < -0.39 is 18.1 Å². The summed E-state index contributed by atoms with van der Waals surface area (Å²) in [6, 6.07) is 8.81. The van der Waals surface area contributed by atoms with E-state index >= 15 is 0 Å². The second-order valence-corrected chi connectivity index (χ2v) is 4.79. The molecule has 0 unspecified atom stereocenters. The summed E-state index contributed by atoms with van der Waals surface area (Å²) in [6.45, 7) is 1.72. The molecule has 1 aliphatic heterocycles. The van der Waals surface area contributed by atoms with Gasteiger partial charge in [0.15, 0.2) is 6.10 Å². The van der Waals surface area contributed by atoms with Crippen molar-refractivity contribution in [2.75, 3.05) is 19.7 Å². The lowest BCUT2D eigenvalue weighted by Gasteiger charge is -2.31. The summed E-state index contributed by atoms with van der Waals surface area (Å²) in [5.74, 6) is -1.32. The van der Waals surface area contributed by atoms with E-state index in [-0.39, 0.29) is 18.4 Å². The van der Waals surface area contributed by atoms with Crippen molar-refractivity contribution in [3.05, 3.63) is 35.9 Å². The zero-order chi connectivity index (χ0) is 17.2. The summed E-state index contributed by atoms with van der Waals surface area (Å²) in [5.41, 5.74) is 6.19. The maximum absolute atomic E-state index is 12.0. The standard InChI is InChI=1S/C13H17N3O3.C2H4O2/c14-6-7-15-13(18)12-11(16-10(17)8-19-12)9-4-2-1-3-5-9;1-2(3)4/h1-5,11-12H,6-8,14H2,(H,15,18)(H,16,17);1H3,(H,3,4)/t11-,12+;/m1./s1. The highest BCUT2D eigenvalue weighted by atomic mass is 16.5. The Hall–Kier alpha value is -2.45. The zero-order valence-corrected chi connectivity index (χ0v) is 12.8. The normalized spacial score (nSPS) is 19.8. The van der Waals surface area contributed by atoms with Crippen molar-refractivity contribution >= 4 is 17.8 Å². The number of carboxylic acid groups (broad SMARTS) is 1. The van der Waals surface area contributed by atoms with E-state index in [4.69, 9.17) is 20.4 Å². The molecule has 1 saturated heterocycles. The molecule has 8 nitrogen and oxygen atoms in total. The molecule has 0 saturated carbocycles. The first kappa shape index (κ1) is 18.6. The van der Waals surface area contributed by atoms with Crippen LogP contribution in [0.3, 0.4) is 0 Å². The number of carbonyl (C=O) groups excluding carboxylic acids is 2. The van der Waals surface area contributed by atoms with Crippen molar-refractivity contribution in [2.24, 2.45) is 5.73 Å². The molecule has 0 bridgehead atoms. The Morgan fingerprint density at radius 2 is 2.00 bits per heavy atom. The van der Waals surface area contributed by atoms with Crippen molar-refractivity contribution in [1.82, 2.24) is 10.6 Å². The van der Waals surface area contributed by atoms with Crippen LogP contribution in [0.5, 0.6) is 0 Å². The number of carboxylic acids is 1. The van der Waals surface area contributed by atoms with Gasteiger partial charge in [-0.1, -0.05) is 30.3 Å². The number of nitrogens with one attached hydrogen (secondary N) is 2. The fourth-order valence-electron chi connectivity index (χ4n) is 1.99. The molecule has 0 spiro atoms. The Kier molecular flexibility index (Phi) is 7.72.